The lowest BCUT2D eigenvalue weighted by Gasteiger charge is -2.22. The quantitative estimate of drug-likeness (QED) is 0.567. The van der Waals surface area contributed by atoms with Gasteiger partial charge in [0.15, 0.2) is 0 Å². The fraction of sp³-hybridized carbons (Fsp3) is 0.526. The number of hydrogen-bond donors (Lipinski definition) is 2. The second-order valence-electron chi connectivity index (χ2n) is 7.90. The van der Waals surface area contributed by atoms with E-state index in [1.54, 1.807) is 47.6 Å². The molecule has 0 aliphatic rings. The van der Waals surface area contributed by atoms with Crippen LogP contribution in [0.25, 0.3) is 0 Å². The molecular weight excluding hydrogens is 388 g/mol. The molecule has 0 bridgehead atoms. The Morgan fingerprint density at radius 1 is 0.966 bits per heavy atom. The van der Waals surface area contributed by atoms with Gasteiger partial charge in [-0.05, 0) is 47.6 Å². The number of nitrogens with zero attached hydrogens (tertiary/aromatic N) is 1. The highest BCUT2D eigenvalue weighted by Crippen LogP contribution is 2.21. The molecule has 1 rings (SSSR count). The van der Waals surface area contributed by atoms with E-state index >= 15 is 0 Å². The summed E-state index contributed by atoms with van der Waals surface area (Å²) in [6.45, 7) is 6.85. The Bertz CT molecular complexity index is 708. The minimum Gasteiger partial charge on any atom is -0.444 e. The molecule has 0 unspecified atom stereocenters. The van der Waals surface area contributed by atoms with E-state index in [1.165, 1.54) is 18.2 Å². The third-order valence-electron chi connectivity index (χ3n) is 2.83. The molecule has 0 radical (unpaired) electrons. The van der Waals surface area contributed by atoms with E-state index in [2.05, 4.69) is 20.4 Å². The van der Waals surface area contributed by atoms with Crippen molar-refractivity contribution in [3.8, 4) is 5.75 Å². The Hall–Kier alpha value is -2.91. The van der Waals surface area contributed by atoms with Gasteiger partial charge in [-0.3, -0.25) is 10.6 Å². The third kappa shape index (κ3) is 10.9. The van der Waals surface area contributed by atoms with Crippen molar-refractivity contribution in [3.05, 3.63) is 29.8 Å². The van der Waals surface area contributed by atoms with E-state index < -0.39 is 30.0 Å². The Labute approximate surface area is 168 Å². The van der Waals surface area contributed by atoms with Crippen LogP contribution < -0.4 is 15.4 Å². The lowest BCUT2D eigenvalue weighted by Crippen LogP contribution is -2.47. The summed E-state index contributed by atoms with van der Waals surface area (Å²) in [5, 5.41) is 4.62. The van der Waals surface area contributed by atoms with Crippen molar-refractivity contribution in [3.63, 3.8) is 0 Å². The van der Waals surface area contributed by atoms with Gasteiger partial charge in [-0.1, -0.05) is 18.2 Å². The predicted octanol–water partition coefficient (Wildman–Crippen LogP) is 4.19. The molecule has 0 atom stereocenters. The lowest BCUT2D eigenvalue weighted by molar-refractivity contribution is -0.0504. The Kier molecular flexibility index (Phi) is 8.35. The number of nitrogens with one attached hydrogen (secondary N) is 2. The van der Waals surface area contributed by atoms with Crippen molar-refractivity contribution in [1.29, 1.82) is 0 Å². The summed E-state index contributed by atoms with van der Waals surface area (Å²) in [7, 11) is 0. The predicted molar refractivity (Wildman–Crippen MR) is 103 cm³/mol. The Balaban J connectivity index is 3.00. The summed E-state index contributed by atoms with van der Waals surface area (Å²) in [6, 6.07) is 6.04. The summed E-state index contributed by atoms with van der Waals surface area (Å²) < 4.78 is 39.8. The number of carbonyl (C=O) groups excluding carboxylic acids is 2. The molecule has 0 spiro atoms. The zero-order chi connectivity index (χ0) is 22.2. The van der Waals surface area contributed by atoms with Crippen LogP contribution >= 0.6 is 0 Å². The molecule has 0 aliphatic heterocycles. The van der Waals surface area contributed by atoms with Crippen LogP contribution in [0, 0.1) is 0 Å². The smallest absolute Gasteiger partial charge is 0.414 e. The van der Waals surface area contributed by atoms with Crippen LogP contribution in [0.15, 0.2) is 29.3 Å². The number of guanidine groups is 1. The van der Waals surface area contributed by atoms with Crippen LogP contribution in [0.3, 0.4) is 0 Å². The molecule has 0 saturated carbocycles. The monoisotopic (exact) mass is 415 g/mol. The van der Waals surface area contributed by atoms with Crippen LogP contribution in [-0.4, -0.2) is 36.0 Å². The van der Waals surface area contributed by atoms with Crippen molar-refractivity contribution in [1.82, 2.24) is 10.6 Å². The molecule has 2 amide bonds. The molecule has 0 fully saturated rings. The number of para-hydroxylation sites is 1. The molecule has 1 aromatic carbocycles. The summed E-state index contributed by atoms with van der Waals surface area (Å²) in [6.07, 6.45) is -1.71. The third-order valence-corrected chi connectivity index (χ3v) is 2.83. The van der Waals surface area contributed by atoms with Crippen molar-refractivity contribution >= 4 is 18.1 Å². The van der Waals surface area contributed by atoms with E-state index in [9.17, 15) is 18.4 Å². The molecule has 29 heavy (non-hydrogen) atoms. The van der Waals surface area contributed by atoms with Gasteiger partial charge in [0.1, 0.15) is 17.0 Å². The first-order valence-corrected chi connectivity index (χ1v) is 8.82. The lowest BCUT2D eigenvalue weighted by atomic mass is 10.2. The summed E-state index contributed by atoms with van der Waals surface area (Å²) >= 11 is 0. The first-order chi connectivity index (χ1) is 13.2. The van der Waals surface area contributed by atoms with Gasteiger partial charge < -0.3 is 14.2 Å². The normalized spacial score (nSPS) is 11.5. The zero-order valence-electron chi connectivity index (χ0n) is 17.3. The van der Waals surface area contributed by atoms with Gasteiger partial charge in [-0.2, -0.15) is 8.78 Å². The highest BCUT2D eigenvalue weighted by atomic mass is 19.3. The maximum absolute atomic E-state index is 12.6. The van der Waals surface area contributed by atoms with Crippen LogP contribution in [0.4, 0.5) is 18.4 Å². The molecule has 0 saturated heterocycles. The van der Waals surface area contributed by atoms with Crippen LogP contribution in [0.2, 0.25) is 0 Å². The number of ether oxygens (including phenoxy) is 3. The Morgan fingerprint density at radius 2 is 1.45 bits per heavy atom. The highest BCUT2D eigenvalue weighted by molar-refractivity contribution is 6.01. The zero-order valence-corrected chi connectivity index (χ0v) is 17.3. The van der Waals surface area contributed by atoms with Gasteiger partial charge in [-0.15, -0.1) is 0 Å². The molecule has 0 aromatic heterocycles. The van der Waals surface area contributed by atoms with Crippen molar-refractivity contribution in [2.24, 2.45) is 4.99 Å². The molecule has 0 heterocycles. The van der Waals surface area contributed by atoms with Gasteiger partial charge in [0, 0.05) is 5.56 Å². The van der Waals surface area contributed by atoms with Gasteiger partial charge in [0.25, 0.3) is 0 Å². The second-order valence-corrected chi connectivity index (χ2v) is 7.90. The largest absolute Gasteiger partial charge is 0.444 e. The summed E-state index contributed by atoms with van der Waals surface area (Å²) in [4.78, 5) is 28.1. The Morgan fingerprint density at radius 3 is 1.90 bits per heavy atom. The number of aliphatic imine (C=N–C) groups is 1. The standard InChI is InChI=1S/C19H27F2N3O5/c1-18(2,3)28-16(25)23-15(24-17(26)29-19(4,5)6)22-11-12-9-7-8-10-13(12)27-14(20)21/h7-10,14H,11H2,1-6H3,(H2,22,23,24,25,26). The number of halogens is 2. The first-order valence-electron chi connectivity index (χ1n) is 8.82. The molecule has 10 heteroatoms. The average molecular weight is 415 g/mol. The van der Waals surface area contributed by atoms with E-state index in [0.29, 0.717) is 5.56 Å². The number of hydrogen-bond acceptors (Lipinski definition) is 6. The second kappa shape index (κ2) is 10.0. The fourth-order valence-corrected chi connectivity index (χ4v) is 1.92. The van der Waals surface area contributed by atoms with Crippen molar-refractivity contribution < 1.29 is 32.6 Å². The van der Waals surface area contributed by atoms with Crippen molar-refractivity contribution in [2.45, 2.75) is 65.9 Å². The van der Waals surface area contributed by atoms with Gasteiger partial charge >= 0.3 is 18.8 Å². The number of alkyl carbamates (subject to hydrolysis) is 2. The van der Waals surface area contributed by atoms with E-state index in [1.807, 2.05) is 0 Å². The topological polar surface area (TPSA) is 98.3 Å². The average Bonchev–Trinajstić information content (AvgIpc) is 2.49. The van der Waals surface area contributed by atoms with Crippen LogP contribution in [0.5, 0.6) is 5.75 Å². The maximum atomic E-state index is 12.6. The SMILES string of the molecule is CC(C)(C)OC(=O)NC(=NCc1ccccc1OC(F)F)NC(=O)OC(C)(C)C. The summed E-state index contributed by atoms with van der Waals surface area (Å²) in [5.74, 6) is -0.333. The number of carbonyl (C=O) groups is 2. The number of alkyl halides is 2. The molecule has 162 valence electrons. The van der Waals surface area contributed by atoms with Gasteiger partial charge in [0.05, 0.1) is 6.54 Å². The maximum Gasteiger partial charge on any atom is 0.414 e. The van der Waals surface area contributed by atoms with Gasteiger partial charge in [0.2, 0.25) is 5.96 Å². The number of rotatable bonds is 4. The highest BCUT2D eigenvalue weighted by Gasteiger charge is 2.21. The van der Waals surface area contributed by atoms with Crippen LogP contribution in [-0.2, 0) is 16.0 Å². The first kappa shape index (κ1) is 24.1. The van der Waals surface area contributed by atoms with E-state index in [0.717, 1.165) is 0 Å². The summed E-state index contributed by atoms with van der Waals surface area (Å²) in [5.41, 5.74) is -1.24. The van der Waals surface area contributed by atoms with E-state index in [4.69, 9.17) is 9.47 Å². The number of amides is 2. The molecule has 1 aromatic rings. The number of benzene rings is 1. The fourth-order valence-electron chi connectivity index (χ4n) is 1.92. The molecular formula is C19H27F2N3O5. The molecule has 2 N–H and O–H groups in total. The minimum absolute atomic E-state index is 0.0693. The van der Waals surface area contributed by atoms with Crippen molar-refractivity contribution in [2.75, 3.05) is 0 Å². The van der Waals surface area contributed by atoms with Gasteiger partial charge in [-0.25, -0.2) is 14.6 Å². The van der Waals surface area contributed by atoms with Crippen LogP contribution in [0.1, 0.15) is 47.1 Å². The molecule has 8 nitrogen and oxygen atoms in total. The van der Waals surface area contributed by atoms with E-state index in [-0.39, 0.29) is 18.3 Å². The molecule has 0 aliphatic carbocycles. The minimum atomic E-state index is -3.00.